The quantitative estimate of drug-likeness (QED) is 0.492. The van der Waals surface area contributed by atoms with Crippen molar-refractivity contribution >= 4 is 28.0 Å². The van der Waals surface area contributed by atoms with Gasteiger partial charge in [0.05, 0.1) is 16.5 Å². The highest BCUT2D eigenvalue weighted by atomic mass is 32.1. The first-order valence-corrected chi connectivity index (χ1v) is 11.7. The number of piperazine rings is 1. The van der Waals surface area contributed by atoms with Crippen LogP contribution in [-0.4, -0.2) is 56.7 Å². The average molecular weight is 462 g/mol. The molecule has 1 saturated heterocycles. The van der Waals surface area contributed by atoms with Gasteiger partial charge in [-0.1, -0.05) is 42.5 Å². The first-order valence-electron chi connectivity index (χ1n) is 10.8. The molecule has 5 rings (SSSR count). The van der Waals surface area contributed by atoms with Crippen molar-refractivity contribution in [2.24, 2.45) is 0 Å². The molecule has 2 aromatic heterocycles. The van der Waals surface area contributed by atoms with Gasteiger partial charge in [-0.25, -0.2) is 9.67 Å². The van der Waals surface area contributed by atoms with Crippen LogP contribution >= 0.6 is 11.3 Å². The summed E-state index contributed by atoms with van der Waals surface area (Å²) in [5, 5.41) is 6.27. The maximum Gasteiger partial charge on any atom is 0.273 e. The molecule has 0 spiro atoms. The van der Waals surface area contributed by atoms with E-state index in [1.54, 1.807) is 40.5 Å². The summed E-state index contributed by atoms with van der Waals surface area (Å²) in [5.41, 5.74) is 1.40. The molecule has 4 aromatic rings. The van der Waals surface area contributed by atoms with Gasteiger partial charge >= 0.3 is 0 Å². The van der Waals surface area contributed by atoms with Crippen molar-refractivity contribution in [3.05, 3.63) is 86.4 Å². The molecule has 0 atom stereocenters. The van der Waals surface area contributed by atoms with Crippen molar-refractivity contribution < 1.29 is 4.79 Å². The minimum absolute atomic E-state index is 0.175. The van der Waals surface area contributed by atoms with E-state index in [0.717, 1.165) is 40.6 Å². The van der Waals surface area contributed by atoms with Gasteiger partial charge in [0.1, 0.15) is 11.6 Å². The summed E-state index contributed by atoms with van der Waals surface area (Å²) < 4.78 is 1.11. The van der Waals surface area contributed by atoms with Crippen LogP contribution < -0.4 is 11.1 Å². The lowest BCUT2D eigenvalue weighted by molar-refractivity contribution is -0.133. The van der Waals surface area contributed by atoms with Crippen LogP contribution in [0.1, 0.15) is 5.69 Å². The highest BCUT2D eigenvalue weighted by Crippen LogP contribution is 2.24. The van der Waals surface area contributed by atoms with Crippen LogP contribution in [0.2, 0.25) is 0 Å². The maximum absolute atomic E-state index is 12.8. The van der Waals surface area contributed by atoms with E-state index in [1.165, 1.54) is 0 Å². The van der Waals surface area contributed by atoms with E-state index in [9.17, 15) is 14.4 Å². The summed E-state index contributed by atoms with van der Waals surface area (Å²) in [6.07, 6.45) is 0. The van der Waals surface area contributed by atoms with Gasteiger partial charge in [-0.2, -0.15) is 0 Å². The third-order valence-corrected chi connectivity index (χ3v) is 6.80. The number of thiazole rings is 1. The molecule has 0 saturated carbocycles. The number of aromatic amines is 1. The molecular formula is C24H23N5O3S. The van der Waals surface area contributed by atoms with Crippen LogP contribution in [0.4, 0.5) is 0 Å². The monoisotopic (exact) mass is 461 g/mol. The molecule has 3 heterocycles. The number of carbonyl (C=O) groups excluding carboxylic acids is 1. The molecule has 1 fully saturated rings. The number of nitrogens with one attached hydrogen (secondary N) is 1. The van der Waals surface area contributed by atoms with Crippen molar-refractivity contribution in [1.82, 2.24) is 24.6 Å². The van der Waals surface area contributed by atoms with E-state index in [-0.39, 0.29) is 23.6 Å². The zero-order valence-corrected chi connectivity index (χ0v) is 18.8. The molecule has 33 heavy (non-hydrogen) atoms. The summed E-state index contributed by atoms with van der Waals surface area (Å²) in [6.45, 7) is 3.16. The molecule has 9 heteroatoms. The molecule has 0 aliphatic carbocycles. The first-order chi connectivity index (χ1) is 16.1. The topological polar surface area (TPSA) is 91.3 Å². The van der Waals surface area contributed by atoms with Crippen molar-refractivity contribution in [1.29, 1.82) is 0 Å². The van der Waals surface area contributed by atoms with E-state index in [0.29, 0.717) is 23.9 Å². The van der Waals surface area contributed by atoms with Crippen LogP contribution in [0.3, 0.4) is 0 Å². The fourth-order valence-electron chi connectivity index (χ4n) is 4.07. The lowest BCUT2D eigenvalue weighted by atomic mass is 10.2. The summed E-state index contributed by atoms with van der Waals surface area (Å²) in [6, 6.07) is 16.7. The standard InChI is InChI=1S/C24H23N5O3S/c30-21(15-29-24(32)20-9-5-4-8-19(20)22(31)26-29)28-12-10-27(11-13-28)14-18-16-33-23(25-18)17-6-2-1-3-7-17/h1-9,16H,10-15H2,(H,26,31). The van der Waals surface area contributed by atoms with Crippen LogP contribution in [0.5, 0.6) is 0 Å². The Kier molecular flexibility index (Phi) is 5.89. The second-order valence-corrected chi connectivity index (χ2v) is 8.90. The Morgan fingerprint density at radius 3 is 2.39 bits per heavy atom. The number of amides is 1. The number of aromatic nitrogens is 3. The molecule has 1 amide bonds. The Bertz CT molecular complexity index is 1400. The maximum atomic E-state index is 12.8. The molecule has 1 aliphatic rings. The van der Waals surface area contributed by atoms with Crippen LogP contribution in [0.15, 0.2) is 69.6 Å². The second kappa shape index (κ2) is 9.13. The van der Waals surface area contributed by atoms with Gasteiger partial charge in [0.2, 0.25) is 5.91 Å². The van der Waals surface area contributed by atoms with Crippen molar-refractivity contribution in [3.8, 4) is 10.6 Å². The fourth-order valence-corrected chi connectivity index (χ4v) is 4.89. The van der Waals surface area contributed by atoms with Gasteiger partial charge < -0.3 is 4.90 Å². The minimum atomic E-state index is -0.374. The van der Waals surface area contributed by atoms with Crippen LogP contribution in [0.25, 0.3) is 21.3 Å². The summed E-state index contributed by atoms with van der Waals surface area (Å²) in [4.78, 5) is 46.5. The van der Waals surface area contributed by atoms with Gasteiger partial charge in [-0.05, 0) is 12.1 Å². The number of nitrogens with zero attached hydrogens (tertiary/aromatic N) is 4. The van der Waals surface area contributed by atoms with Crippen molar-refractivity contribution in [2.75, 3.05) is 26.2 Å². The highest BCUT2D eigenvalue weighted by molar-refractivity contribution is 7.13. The predicted molar refractivity (Wildman–Crippen MR) is 128 cm³/mol. The fraction of sp³-hybridized carbons (Fsp3) is 0.250. The lowest BCUT2D eigenvalue weighted by Crippen LogP contribution is -2.50. The number of carbonyl (C=O) groups is 1. The molecule has 168 valence electrons. The zero-order chi connectivity index (χ0) is 22.8. The van der Waals surface area contributed by atoms with Gasteiger partial charge in [-0.15, -0.1) is 11.3 Å². The zero-order valence-electron chi connectivity index (χ0n) is 17.9. The van der Waals surface area contributed by atoms with E-state index >= 15 is 0 Å². The Hall–Kier alpha value is -3.56. The summed E-state index contributed by atoms with van der Waals surface area (Å²) in [5.74, 6) is -0.178. The molecule has 1 N–H and O–H groups in total. The van der Waals surface area contributed by atoms with E-state index < -0.39 is 0 Å². The molecule has 8 nitrogen and oxygen atoms in total. The van der Waals surface area contributed by atoms with Crippen molar-refractivity contribution in [3.63, 3.8) is 0 Å². The van der Waals surface area contributed by atoms with Crippen molar-refractivity contribution in [2.45, 2.75) is 13.1 Å². The largest absolute Gasteiger partial charge is 0.339 e. The Labute approximate surface area is 193 Å². The third kappa shape index (κ3) is 4.50. The molecular weight excluding hydrogens is 438 g/mol. The van der Waals surface area contributed by atoms with Gasteiger partial charge in [0.25, 0.3) is 11.1 Å². The van der Waals surface area contributed by atoms with Crippen LogP contribution in [-0.2, 0) is 17.9 Å². The Morgan fingerprint density at radius 2 is 1.64 bits per heavy atom. The summed E-state index contributed by atoms with van der Waals surface area (Å²) >= 11 is 1.64. The average Bonchev–Trinajstić information content (AvgIpc) is 3.32. The number of fused-ring (bicyclic) bond motifs is 1. The normalized spacial score (nSPS) is 14.6. The molecule has 0 radical (unpaired) electrons. The number of H-pyrrole nitrogens is 1. The van der Waals surface area contributed by atoms with Gasteiger partial charge in [-0.3, -0.25) is 24.4 Å². The molecule has 2 aromatic carbocycles. The minimum Gasteiger partial charge on any atom is -0.339 e. The van der Waals surface area contributed by atoms with E-state index in [1.807, 2.05) is 18.2 Å². The van der Waals surface area contributed by atoms with E-state index in [2.05, 4.69) is 27.5 Å². The number of hydrogen-bond donors (Lipinski definition) is 1. The second-order valence-electron chi connectivity index (χ2n) is 8.04. The van der Waals surface area contributed by atoms with Crippen LogP contribution in [0, 0.1) is 0 Å². The number of hydrogen-bond acceptors (Lipinski definition) is 6. The Balaban J connectivity index is 1.20. The third-order valence-electron chi connectivity index (χ3n) is 5.86. The summed E-state index contributed by atoms with van der Waals surface area (Å²) in [7, 11) is 0. The smallest absolute Gasteiger partial charge is 0.273 e. The molecule has 0 unspecified atom stereocenters. The highest BCUT2D eigenvalue weighted by Gasteiger charge is 2.23. The lowest BCUT2D eigenvalue weighted by Gasteiger charge is -2.34. The van der Waals surface area contributed by atoms with Gasteiger partial charge in [0, 0.05) is 43.7 Å². The predicted octanol–water partition coefficient (Wildman–Crippen LogP) is 2.16. The number of rotatable bonds is 5. The Morgan fingerprint density at radius 1 is 0.939 bits per heavy atom. The SMILES string of the molecule is O=C(Cn1[nH]c(=O)c2ccccc2c1=O)N1CCN(Cc2csc(-c3ccccc3)n2)CC1. The number of benzene rings is 2. The molecule has 0 bridgehead atoms. The van der Waals surface area contributed by atoms with Gasteiger partial charge in [0.15, 0.2) is 0 Å². The molecule has 1 aliphatic heterocycles. The van der Waals surface area contributed by atoms with E-state index in [4.69, 9.17) is 4.98 Å². The first kappa shape index (κ1) is 21.3.